The van der Waals surface area contributed by atoms with Crippen molar-refractivity contribution in [2.45, 2.75) is 29.8 Å². The Morgan fingerprint density at radius 2 is 1.89 bits per heavy atom. The summed E-state index contributed by atoms with van der Waals surface area (Å²) in [6.45, 7) is 0. The van der Waals surface area contributed by atoms with Gasteiger partial charge in [-0.1, -0.05) is 16.8 Å². The average Bonchev–Trinajstić information content (AvgIpc) is 3.30. The third-order valence-electron chi connectivity index (χ3n) is 6.43. The van der Waals surface area contributed by atoms with Gasteiger partial charge in [-0.2, -0.15) is 13.2 Å². The number of alkyl halides is 3. The lowest BCUT2D eigenvalue weighted by Crippen LogP contribution is -2.34. The molecule has 0 amide bonds. The first-order valence-corrected chi connectivity index (χ1v) is 12.9. The molecule has 1 N–H and O–H groups in total. The number of sulfonamides is 1. The lowest BCUT2D eigenvalue weighted by molar-refractivity contribution is -0.197. The first kappa shape index (κ1) is 25.2. The number of hydrogen-bond acceptors (Lipinski definition) is 6. The fourth-order valence-electron chi connectivity index (χ4n) is 4.45. The minimum Gasteiger partial charge on any atom is -0.495 e. The van der Waals surface area contributed by atoms with Gasteiger partial charge in [0.05, 0.1) is 29.1 Å². The Balaban J connectivity index is 1.55. The highest BCUT2D eigenvalue weighted by Gasteiger charge is 2.48. The number of nitrogens with one attached hydrogen (secondary N) is 1. The van der Waals surface area contributed by atoms with Crippen LogP contribution in [-0.2, 0) is 10.0 Å². The molecule has 5 rings (SSSR count). The van der Waals surface area contributed by atoms with Gasteiger partial charge in [0, 0.05) is 22.5 Å². The fourth-order valence-corrected chi connectivity index (χ4v) is 5.79. The van der Waals surface area contributed by atoms with Crippen LogP contribution in [0.15, 0.2) is 69.0 Å². The lowest BCUT2D eigenvalue weighted by Gasteiger charge is -2.37. The maximum Gasteiger partial charge on any atom is 0.391 e. The van der Waals surface area contributed by atoms with Crippen LogP contribution in [0.25, 0.3) is 16.6 Å². The average molecular weight is 554 g/mol. The van der Waals surface area contributed by atoms with Gasteiger partial charge < -0.3 is 9.26 Å². The number of pyridine rings is 1. The van der Waals surface area contributed by atoms with Crippen LogP contribution < -0.4 is 15.0 Å². The van der Waals surface area contributed by atoms with Crippen LogP contribution in [0.1, 0.15) is 24.3 Å². The van der Waals surface area contributed by atoms with Crippen LogP contribution in [0.3, 0.4) is 0 Å². The van der Waals surface area contributed by atoms with Crippen molar-refractivity contribution in [1.82, 2.24) is 9.72 Å². The predicted molar refractivity (Wildman–Crippen MR) is 130 cm³/mol. The van der Waals surface area contributed by atoms with E-state index in [9.17, 15) is 26.4 Å². The van der Waals surface area contributed by atoms with Crippen molar-refractivity contribution >= 4 is 38.3 Å². The van der Waals surface area contributed by atoms with Gasteiger partial charge in [0.2, 0.25) is 0 Å². The summed E-state index contributed by atoms with van der Waals surface area (Å²) >= 11 is 6.48. The van der Waals surface area contributed by atoms with E-state index in [-0.39, 0.29) is 45.9 Å². The molecule has 4 aromatic rings. The summed E-state index contributed by atoms with van der Waals surface area (Å²) in [5.74, 6) is -1.49. The van der Waals surface area contributed by atoms with Crippen molar-refractivity contribution in [2.24, 2.45) is 5.92 Å². The van der Waals surface area contributed by atoms with Crippen molar-refractivity contribution in [1.29, 1.82) is 0 Å². The molecule has 1 aliphatic rings. The number of halogens is 4. The highest BCUT2D eigenvalue weighted by atomic mass is 35.5. The molecule has 0 atom stereocenters. The van der Waals surface area contributed by atoms with E-state index in [0.29, 0.717) is 16.5 Å². The molecular weight excluding hydrogens is 535 g/mol. The van der Waals surface area contributed by atoms with Crippen molar-refractivity contribution in [3.8, 4) is 11.4 Å². The number of ether oxygens (including phenoxy) is 1. The molecule has 1 saturated carbocycles. The van der Waals surface area contributed by atoms with E-state index in [1.165, 1.54) is 60.4 Å². The van der Waals surface area contributed by atoms with Gasteiger partial charge in [-0.25, -0.2) is 8.42 Å². The largest absolute Gasteiger partial charge is 0.495 e. The number of benzene rings is 2. The van der Waals surface area contributed by atoms with E-state index in [4.69, 9.17) is 16.3 Å². The maximum atomic E-state index is 13.0. The molecule has 0 aliphatic heterocycles. The van der Waals surface area contributed by atoms with Crippen LogP contribution in [0.5, 0.6) is 5.75 Å². The van der Waals surface area contributed by atoms with Crippen LogP contribution in [-0.4, -0.2) is 31.4 Å². The molecule has 0 unspecified atom stereocenters. The molecule has 37 heavy (non-hydrogen) atoms. The van der Waals surface area contributed by atoms with Crippen LogP contribution in [0.2, 0.25) is 5.02 Å². The van der Waals surface area contributed by atoms with Crippen LogP contribution in [0, 0.1) is 5.92 Å². The number of methoxy groups -OCH3 is 1. The zero-order valence-electron chi connectivity index (χ0n) is 19.1. The van der Waals surface area contributed by atoms with Crippen LogP contribution >= 0.6 is 11.6 Å². The molecule has 1 aliphatic carbocycles. The second kappa shape index (κ2) is 9.10. The monoisotopic (exact) mass is 553 g/mol. The van der Waals surface area contributed by atoms with Crippen molar-refractivity contribution < 1.29 is 30.8 Å². The van der Waals surface area contributed by atoms with Gasteiger partial charge in [0.15, 0.2) is 5.82 Å². The SMILES string of the molecule is COc1cc([C@H]2C[C@@H](C(F)(F)F)C2)c(Cl)cc1-n1c(=O)ccc2cc(S(=O)(=O)Nc3ccon3)ccc21. The number of anilines is 1. The van der Waals surface area contributed by atoms with Gasteiger partial charge in [0.1, 0.15) is 12.0 Å². The Morgan fingerprint density at radius 3 is 2.54 bits per heavy atom. The zero-order valence-corrected chi connectivity index (χ0v) is 20.7. The highest BCUT2D eigenvalue weighted by Crippen LogP contribution is 2.51. The first-order chi connectivity index (χ1) is 17.5. The van der Waals surface area contributed by atoms with Gasteiger partial charge in [-0.05, 0) is 60.7 Å². The van der Waals surface area contributed by atoms with Crippen molar-refractivity contribution in [2.75, 3.05) is 11.8 Å². The maximum absolute atomic E-state index is 13.0. The van der Waals surface area contributed by atoms with E-state index >= 15 is 0 Å². The molecule has 0 bridgehead atoms. The summed E-state index contributed by atoms with van der Waals surface area (Å²) in [5.41, 5.74) is 0.723. The minimum absolute atomic E-state index is 0.0116. The normalized spacial score (nSPS) is 18.0. The van der Waals surface area contributed by atoms with E-state index in [1.54, 1.807) is 6.07 Å². The number of fused-ring (bicyclic) bond motifs is 1. The third-order valence-corrected chi connectivity index (χ3v) is 8.11. The molecular formula is C24H19ClF3N3O5S. The minimum atomic E-state index is -4.25. The first-order valence-electron chi connectivity index (χ1n) is 11.0. The second-order valence-electron chi connectivity index (χ2n) is 8.67. The molecule has 2 heterocycles. The Kier molecular flexibility index (Phi) is 6.19. The molecule has 0 saturated heterocycles. The predicted octanol–water partition coefficient (Wildman–Crippen LogP) is 5.50. The quantitative estimate of drug-likeness (QED) is 0.338. The van der Waals surface area contributed by atoms with Crippen LogP contribution in [0.4, 0.5) is 19.0 Å². The van der Waals surface area contributed by atoms with E-state index in [2.05, 4.69) is 14.4 Å². The molecule has 0 spiro atoms. The molecule has 1 fully saturated rings. The van der Waals surface area contributed by atoms with E-state index in [0.717, 1.165) is 0 Å². The topological polar surface area (TPSA) is 103 Å². The molecule has 0 radical (unpaired) electrons. The third kappa shape index (κ3) is 4.66. The van der Waals surface area contributed by atoms with E-state index in [1.807, 2.05) is 0 Å². The molecule has 2 aromatic carbocycles. The Hall–Kier alpha value is -3.51. The summed E-state index contributed by atoms with van der Waals surface area (Å²) in [6, 6.07) is 11.3. The van der Waals surface area contributed by atoms with Crippen molar-refractivity contribution in [3.63, 3.8) is 0 Å². The van der Waals surface area contributed by atoms with Gasteiger partial charge in [-0.15, -0.1) is 0 Å². The fraction of sp³-hybridized carbons (Fsp3) is 0.250. The summed E-state index contributed by atoms with van der Waals surface area (Å²) in [6.07, 6.45) is -3.17. The van der Waals surface area contributed by atoms with Gasteiger partial charge in [-0.3, -0.25) is 14.1 Å². The second-order valence-corrected chi connectivity index (χ2v) is 10.8. The number of rotatable bonds is 6. The standard InChI is InChI=1S/C24H19ClF3N3O5S/c1-35-21-11-17(14-8-15(9-14)24(26,27)28)18(25)12-20(21)31-19-4-3-16(10-13(19)2-5-23(31)32)37(33,34)30-22-6-7-36-29-22/h2-7,10-12,14-15H,8-9H2,1H3,(H,29,30)/t14-,15+. The molecule has 194 valence electrons. The lowest BCUT2D eigenvalue weighted by atomic mass is 9.71. The van der Waals surface area contributed by atoms with Crippen molar-refractivity contribution in [3.05, 3.63) is 75.7 Å². The summed E-state index contributed by atoms with van der Waals surface area (Å²) in [5, 5.41) is 4.17. The summed E-state index contributed by atoms with van der Waals surface area (Å²) in [4.78, 5) is 12.9. The summed E-state index contributed by atoms with van der Waals surface area (Å²) < 4.78 is 78.2. The summed E-state index contributed by atoms with van der Waals surface area (Å²) in [7, 11) is -2.61. The Bertz CT molecular complexity index is 1650. The smallest absolute Gasteiger partial charge is 0.391 e. The van der Waals surface area contributed by atoms with Gasteiger partial charge in [0.25, 0.3) is 15.6 Å². The molecule has 8 nitrogen and oxygen atoms in total. The number of hydrogen-bond donors (Lipinski definition) is 1. The Morgan fingerprint density at radius 1 is 1.14 bits per heavy atom. The Labute approximate surface area is 213 Å². The highest BCUT2D eigenvalue weighted by molar-refractivity contribution is 7.92. The van der Waals surface area contributed by atoms with Gasteiger partial charge >= 0.3 is 6.18 Å². The number of nitrogens with zero attached hydrogens (tertiary/aromatic N) is 2. The molecule has 13 heteroatoms. The van der Waals surface area contributed by atoms with E-state index < -0.39 is 27.7 Å². The number of aromatic nitrogens is 2. The molecule has 2 aromatic heterocycles. The zero-order chi connectivity index (χ0) is 26.5.